The van der Waals surface area contributed by atoms with Gasteiger partial charge in [-0.3, -0.25) is 9.59 Å². The SMILES string of the molecule is COCCN1C[C@@H](NC(=O)CSc2nc3ccc(C)cc3[nH]2)CC1=O. The number of H-pyrrole nitrogens is 1. The number of rotatable bonds is 7. The molecule has 7 nitrogen and oxygen atoms in total. The first-order chi connectivity index (χ1) is 12.0. The molecule has 2 N–H and O–H groups in total. The first kappa shape index (κ1) is 17.8. The minimum atomic E-state index is -0.129. The van der Waals surface area contributed by atoms with Crippen LogP contribution >= 0.6 is 11.8 Å². The summed E-state index contributed by atoms with van der Waals surface area (Å²) >= 11 is 1.36. The van der Waals surface area contributed by atoms with Gasteiger partial charge in [0.15, 0.2) is 5.16 Å². The van der Waals surface area contributed by atoms with Crippen LogP contribution in [-0.4, -0.2) is 65.3 Å². The Hall–Kier alpha value is -2.06. The van der Waals surface area contributed by atoms with Crippen LogP contribution in [0.15, 0.2) is 23.4 Å². The van der Waals surface area contributed by atoms with Gasteiger partial charge in [0, 0.05) is 26.6 Å². The lowest BCUT2D eigenvalue weighted by Crippen LogP contribution is -2.38. The van der Waals surface area contributed by atoms with Crippen molar-refractivity contribution in [1.82, 2.24) is 20.2 Å². The van der Waals surface area contributed by atoms with E-state index in [1.807, 2.05) is 25.1 Å². The number of carbonyl (C=O) groups is 2. The standard InChI is InChI=1S/C17H22N4O3S/c1-11-3-4-13-14(7-11)20-17(19-13)25-10-15(22)18-12-8-16(23)21(9-12)5-6-24-2/h3-4,7,12H,5-6,8-10H2,1-2H3,(H,18,22)(H,19,20)/t12-/m0/s1. The van der Waals surface area contributed by atoms with Crippen LogP contribution in [0, 0.1) is 6.92 Å². The zero-order valence-electron chi connectivity index (χ0n) is 14.4. The number of fused-ring (bicyclic) bond motifs is 1. The summed E-state index contributed by atoms with van der Waals surface area (Å²) in [6, 6.07) is 5.88. The van der Waals surface area contributed by atoms with Crippen molar-refractivity contribution in [3.8, 4) is 0 Å². The first-order valence-corrected chi connectivity index (χ1v) is 9.19. The van der Waals surface area contributed by atoms with Gasteiger partial charge in [-0.05, 0) is 24.6 Å². The summed E-state index contributed by atoms with van der Waals surface area (Å²) in [6.07, 6.45) is 0.351. The maximum atomic E-state index is 12.1. The number of nitrogens with zero attached hydrogens (tertiary/aromatic N) is 2. The number of ether oxygens (including phenoxy) is 1. The van der Waals surface area contributed by atoms with Gasteiger partial charge in [-0.25, -0.2) is 4.98 Å². The second kappa shape index (κ2) is 7.88. The summed E-state index contributed by atoms with van der Waals surface area (Å²) in [5.41, 5.74) is 3.02. The molecule has 0 unspecified atom stereocenters. The van der Waals surface area contributed by atoms with E-state index in [1.165, 1.54) is 11.8 Å². The van der Waals surface area contributed by atoms with Crippen molar-refractivity contribution in [2.24, 2.45) is 0 Å². The zero-order chi connectivity index (χ0) is 17.8. The minimum absolute atomic E-state index is 0.0580. The van der Waals surface area contributed by atoms with Crippen molar-refractivity contribution in [2.75, 3.05) is 32.6 Å². The first-order valence-electron chi connectivity index (χ1n) is 8.20. The summed E-state index contributed by atoms with van der Waals surface area (Å²) in [4.78, 5) is 33.4. The lowest BCUT2D eigenvalue weighted by molar-refractivity contribution is -0.128. The molecule has 134 valence electrons. The molecule has 0 bridgehead atoms. The number of benzene rings is 1. The number of aryl methyl sites for hydroxylation is 1. The van der Waals surface area contributed by atoms with Crippen LogP contribution in [0.2, 0.25) is 0 Å². The summed E-state index contributed by atoms with van der Waals surface area (Å²) in [5.74, 6) is 0.234. The Morgan fingerprint density at radius 3 is 3.16 bits per heavy atom. The lowest BCUT2D eigenvalue weighted by Gasteiger charge is -2.16. The second-order valence-electron chi connectivity index (χ2n) is 6.15. The van der Waals surface area contributed by atoms with Gasteiger partial charge in [0.2, 0.25) is 11.8 Å². The number of thioether (sulfide) groups is 1. The number of carbonyl (C=O) groups excluding carboxylic acids is 2. The summed E-state index contributed by atoms with van der Waals surface area (Å²) < 4.78 is 4.99. The molecule has 1 aromatic carbocycles. The molecule has 1 aliphatic rings. The van der Waals surface area contributed by atoms with E-state index in [2.05, 4.69) is 15.3 Å². The summed E-state index contributed by atoms with van der Waals surface area (Å²) in [5, 5.41) is 3.65. The van der Waals surface area contributed by atoms with E-state index >= 15 is 0 Å². The Morgan fingerprint density at radius 1 is 1.52 bits per heavy atom. The van der Waals surface area contributed by atoms with Crippen LogP contribution < -0.4 is 5.32 Å². The van der Waals surface area contributed by atoms with E-state index in [4.69, 9.17) is 4.74 Å². The maximum Gasteiger partial charge on any atom is 0.230 e. The number of imidazole rings is 1. The topological polar surface area (TPSA) is 87.3 Å². The fraction of sp³-hybridized carbons (Fsp3) is 0.471. The molecule has 1 saturated heterocycles. The Labute approximate surface area is 150 Å². The van der Waals surface area contributed by atoms with Crippen LogP contribution in [0.25, 0.3) is 11.0 Å². The predicted octanol–water partition coefficient (Wildman–Crippen LogP) is 1.33. The molecule has 3 rings (SSSR count). The highest BCUT2D eigenvalue weighted by Crippen LogP contribution is 2.20. The van der Waals surface area contributed by atoms with Crippen molar-refractivity contribution < 1.29 is 14.3 Å². The Morgan fingerprint density at radius 2 is 2.36 bits per heavy atom. The fourth-order valence-electron chi connectivity index (χ4n) is 2.86. The van der Waals surface area contributed by atoms with Crippen molar-refractivity contribution >= 4 is 34.6 Å². The predicted molar refractivity (Wildman–Crippen MR) is 96.6 cm³/mol. The normalized spacial score (nSPS) is 17.4. The van der Waals surface area contributed by atoms with E-state index in [0.717, 1.165) is 21.8 Å². The van der Waals surface area contributed by atoms with Crippen molar-refractivity contribution in [3.63, 3.8) is 0 Å². The monoisotopic (exact) mass is 362 g/mol. The van der Waals surface area contributed by atoms with Crippen LogP contribution in [0.4, 0.5) is 0 Å². The van der Waals surface area contributed by atoms with Crippen molar-refractivity contribution in [2.45, 2.75) is 24.5 Å². The van der Waals surface area contributed by atoms with Gasteiger partial charge in [0.25, 0.3) is 0 Å². The zero-order valence-corrected chi connectivity index (χ0v) is 15.2. The molecular formula is C17H22N4O3S. The van der Waals surface area contributed by atoms with Crippen LogP contribution in [0.3, 0.4) is 0 Å². The number of nitrogens with one attached hydrogen (secondary N) is 2. The van der Waals surface area contributed by atoms with Gasteiger partial charge >= 0.3 is 0 Å². The third kappa shape index (κ3) is 4.52. The molecule has 2 heterocycles. The quantitative estimate of drug-likeness (QED) is 0.726. The molecule has 8 heteroatoms. The third-order valence-electron chi connectivity index (χ3n) is 4.10. The maximum absolute atomic E-state index is 12.1. The van der Waals surface area contributed by atoms with E-state index in [1.54, 1.807) is 12.0 Å². The van der Waals surface area contributed by atoms with Gasteiger partial charge in [0.1, 0.15) is 0 Å². The average Bonchev–Trinajstić information content (AvgIpc) is 3.13. The molecule has 1 aromatic heterocycles. The molecule has 0 spiro atoms. The Balaban J connectivity index is 1.48. The summed E-state index contributed by atoms with van der Waals surface area (Å²) in [6.45, 7) is 3.64. The Bertz CT molecular complexity index is 776. The molecular weight excluding hydrogens is 340 g/mol. The van der Waals surface area contributed by atoms with Crippen LogP contribution in [0.5, 0.6) is 0 Å². The molecule has 0 aliphatic carbocycles. The van der Waals surface area contributed by atoms with E-state index in [0.29, 0.717) is 26.1 Å². The van der Waals surface area contributed by atoms with E-state index < -0.39 is 0 Å². The minimum Gasteiger partial charge on any atom is -0.383 e. The molecule has 1 atom stereocenters. The highest BCUT2D eigenvalue weighted by atomic mass is 32.2. The highest BCUT2D eigenvalue weighted by Gasteiger charge is 2.30. The second-order valence-corrected chi connectivity index (χ2v) is 7.12. The Kier molecular flexibility index (Phi) is 5.60. The number of aromatic nitrogens is 2. The summed E-state index contributed by atoms with van der Waals surface area (Å²) in [7, 11) is 1.61. The number of methoxy groups -OCH3 is 1. The van der Waals surface area contributed by atoms with Gasteiger partial charge in [0.05, 0.1) is 29.4 Å². The van der Waals surface area contributed by atoms with E-state index in [-0.39, 0.29) is 23.6 Å². The van der Waals surface area contributed by atoms with Gasteiger partial charge < -0.3 is 19.9 Å². The average molecular weight is 362 g/mol. The number of hydrogen-bond donors (Lipinski definition) is 2. The molecule has 0 saturated carbocycles. The fourth-order valence-corrected chi connectivity index (χ4v) is 3.55. The highest BCUT2D eigenvalue weighted by molar-refractivity contribution is 7.99. The third-order valence-corrected chi connectivity index (χ3v) is 4.97. The largest absolute Gasteiger partial charge is 0.383 e. The molecule has 0 radical (unpaired) electrons. The van der Waals surface area contributed by atoms with Gasteiger partial charge in [-0.1, -0.05) is 17.8 Å². The van der Waals surface area contributed by atoms with E-state index in [9.17, 15) is 9.59 Å². The lowest BCUT2D eigenvalue weighted by atomic mass is 10.2. The number of likely N-dealkylation sites (tertiary alicyclic amines) is 1. The molecule has 1 aliphatic heterocycles. The molecule has 25 heavy (non-hydrogen) atoms. The van der Waals surface area contributed by atoms with Crippen molar-refractivity contribution in [1.29, 1.82) is 0 Å². The smallest absolute Gasteiger partial charge is 0.230 e. The molecule has 2 aromatic rings. The van der Waals surface area contributed by atoms with Gasteiger partial charge in [-0.15, -0.1) is 0 Å². The van der Waals surface area contributed by atoms with Crippen LogP contribution in [-0.2, 0) is 14.3 Å². The van der Waals surface area contributed by atoms with Crippen LogP contribution in [0.1, 0.15) is 12.0 Å². The molecule has 2 amide bonds. The number of amides is 2. The number of hydrogen-bond acceptors (Lipinski definition) is 5. The molecule has 1 fully saturated rings. The number of aromatic amines is 1. The van der Waals surface area contributed by atoms with Crippen molar-refractivity contribution in [3.05, 3.63) is 23.8 Å². The van der Waals surface area contributed by atoms with Gasteiger partial charge in [-0.2, -0.15) is 0 Å².